The van der Waals surface area contributed by atoms with Gasteiger partial charge in [-0.2, -0.15) is 0 Å². The van der Waals surface area contributed by atoms with Crippen LogP contribution in [0.25, 0.3) is 0 Å². The summed E-state index contributed by atoms with van der Waals surface area (Å²) >= 11 is 15.7. The van der Waals surface area contributed by atoms with Gasteiger partial charge < -0.3 is 4.42 Å². The lowest BCUT2D eigenvalue weighted by Crippen LogP contribution is -1.86. The first kappa shape index (κ1) is 12.4. The van der Waals surface area contributed by atoms with Crippen LogP contribution in [0, 0.1) is 0 Å². The minimum absolute atomic E-state index is 0.151. The summed E-state index contributed by atoms with van der Waals surface area (Å²) in [5.41, 5.74) is 1.09. The fourth-order valence-electron chi connectivity index (χ4n) is 1.13. The molecule has 2 aromatic heterocycles. The van der Waals surface area contributed by atoms with Gasteiger partial charge in [-0.05, 0) is 59.9 Å². The zero-order valence-electron chi connectivity index (χ0n) is 7.14. The Kier molecular flexibility index (Phi) is 4.15. The minimum atomic E-state index is 0.151. The molecule has 0 aliphatic heterocycles. The van der Waals surface area contributed by atoms with Crippen LogP contribution in [0.5, 0.6) is 0 Å². The Balaban J connectivity index is 2.36. The topological polar surface area (TPSA) is 13.1 Å². The van der Waals surface area contributed by atoms with Crippen molar-refractivity contribution in [1.29, 1.82) is 0 Å². The number of alkyl halides is 1. The molecule has 2 heterocycles. The summed E-state index contributed by atoms with van der Waals surface area (Å²) in [6.07, 6.45) is 1.67. The molecule has 1 unspecified atom stereocenters. The highest BCUT2D eigenvalue weighted by atomic mass is 79.9. The van der Waals surface area contributed by atoms with Crippen molar-refractivity contribution < 1.29 is 4.42 Å². The molecule has 0 spiro atoms. The first-order valence-corrected chi connectivity index (χ1v) is 8.02. The van der Waals surface area contributed by atoms with Crippen molar-refractivity contribution in [2.24, 2.45) is 0 Å². The van der Waals surface area contributed by atoms with Gasteiger partial charge >= 0.3 is 0 Å². The number of thiophene rings is 1. The number of hydrogen-bond acceptors (Lipinski definition) is 2. The molecule has 2 aromatic rings. The fourth-order valence-corrected chi connectivity index (χ4v) is 4.76. The van der Waals surface area contributed by atoms with Gasteiger partial charge in [0.2, 0.25) is 0 Å². The Morgan fingerprint density at radius 2 is 2.00 bits per heavy atom. The summed E-state index contributed by atoms with van der Waals surface area (Å²) in [6.45, 7) is 0. The van der Waals surface area contributed by atoms with Gasteiger partial charge in [0.05, 0.1) is 14.9 Å². The Morgan fingerprint density at radius 1 is 1.27 bits per heavy atom. The van der Waals surface area contributed by atoms with Gasteiger partial charge in [-0.1, -0.05) is 15.9 Å². The van der Waals surface area contributed by atoms with Gasteiger partial charge in [0.1, 0.15) is 0 Å². The molecule has 1 atom stereocenters. The lowest BCUT2D eigenvalue weighted by molar-refractivity contribution is 0.538. The van der Waals surface area contributed by atoms with Crippen molar-refractivity contribution in [3.63, 3.8) is 0 Å². The lowest BCUT2D eigenvalue weighted by atomic mass is 10.2. The number of furan rings is 1. The monoisotopic (exact) mass is 476 g/mol. The van der Waals surface area contributed by atoms with Crippen LogP contribution in [-0.4, -0.2) is 0 Å². The van der Waals surface area contributed by atoms with E-state index < -0.39 is 0 Å². The van der Waals surface area contributed by atoms with E-state index in [4.69, 9.17) is 4.42 Å². The van der Waals surface area contributed by atoms with E-state index in [0.717, 1.165) is 18.5 Å². The largest absolute Gasteiger partial charge is 0.457 e. The normalized spacial score (nSPS) is 13.1. The van der Waals surface area contributed by atoms with Gasteiger partial charge in [0, 0.05) is 14.9 Å². The van der Waals surface area contributed by atoms with Gasteiger partial charge in [0.25, 0.3) is 0 Å². The van der Waals surface area contributed by atoms with E-state index in [2.05, 4.69) is 69.8 Å². The summed E-state index contributed by atoms with van der Waals surface area (Å²) in [4.78, 5) is 1.37. The van der Waals surface area contributed by atoms with E-state index in [1.165, 1.54) is 4.88 Å². The molecule has 0 saturated carbocycles. The summed E-state index contributed by atoms with van der Waals surface area (Å²) in [7, 11) is 0. The third-order valence-electron chi connectivity index (χ3n) is 1.83. The number of rotatable bonds is 2. The van der Waals surface area contributed by atoms with Crippen LogP contribution in [-0.2, 0) is 0 Å². The van der Waals surface area contributed by atoms with Crippen LogP contribution in [0.1, 0.15) is 15.3 Å². The fraction of sp³-hybridized carbons (Fsp3) is 0.111. The first-order chi connectivity index (χ1) is 7.09. The van der Waals surface area contributed by atoms with Crippen LogP contribution >= 0.6 is 75.1 Å². The standard InChI is InChI=1S/C9H4Br4OS/c10-5-3-6(15-9(5)13)7(11)4-1-2-14-8(4)12/h1-3,7H. The van der Waals surface area contributed by atoms with Gasteiger partial charge in [-0.3, -0.25) is 0 Å². The van der Waals surface area contributed by atoms with E-state index in [1.54, 1.807) is 17.6 Å². The van der Waals surface area contributed by atoms with E-state index in [9.17, 15) is 0 Å². The predicted octanol–water partition coefficient (Wildman–Crippen LogP) is 6.11. The highest BCUT2D eigenvalue weighted by Gasteiger charge is 2.18. The third-order valence-corrected chi connectivity index (χ3v) is 7.09. The third kappa shape index (κ3) is 2.60. The first-order valence-electron chi connectivity index (χ1n) is 3.91. The second-order valence-corrected chi connectivity index (χ2v) is 7.67. The molecule has 15 heavy (non-hydrogen) atoms. The van der Waals surface area contributed by atoms with Crippen LogP contribution in [0.3, 0.4) is 0 Å². The zero-order chi connectivity index (χ0) is 11.0. The summed E-state index contributed by atoms with van der Waals surface area (Å²) < 4.78 is 8.15. The second kappa shape index (κ2) is 5.04. The quantitative estimate of drug-likeness (QED) is 0.474. The Morgan fingerprint density at radius 3 is 2.47 bits per heavy atom. The SMILES string of the molecule is Brc1cc(C(Br)c2ccoc2Br)sc1Br. The molecule has 0 amide bonds. The zero-order valence-corrected chi connectivity index (χ0v) is 14.3. The molecule has 0 fully saturated rings. The van der Waals surface area contributed by atoms with Crippen LogP contribution in [0.4, 0.5) is 0 Å². The molecule has 2 rings (SSSR count). The van der Waals surface area contributed by atoms with Crippen molar-refractivity contribution in [2.75, 3.05) is 0 Å². The minimum Gasteiger partial charge on any atom is -0.457 e. The molecule has 0 aromatic carbocycles. The highest BCUT2D eigenvalue weighted by molar-refractivity contribution is 9.13. The molecule has 0 N–H and O–H groups in total. The molecule has 0 bridgehead atoms. The van der Waals surface area contributed by atoms with Crippen molar-refractivity contribution in [3.8, 4) is 0 Å². The number of halogens is 4. The van der Waals surface area contributed by atoms with E-state index >= 15 is 0 Å². The Hall–Kier alpha value is 0.900. The molecule has 0 aliphatic carbocycles. The van der Waals surface area contributed by atoms with Crippen molar-refractivity contribution in [3.05, 3.63) is 41.8 Å². The molecule has 0 radical (unpaired) electrons. The number of hydrogen-bond donors (Lipinski definition) is 0. The van der Waals surface area contributed by atoms with Crippen LogP contribution in [0.15, 0.2) is 35.7 Å². The smallest absolute Gasteiger partial charge is 0.173 e. The molecule has 0 aliphatic rings. The average molecular weight is 480 g/mol. The van der Waals surface area contributed by atoms with Crippen LogP contribution < -0.4 is 0 Å². The summed E-state index contributed by atoms with van der Waals surface area (Å²) in [6, 6.07) is 4.04. The maximum Gasteiger partial charge on any atom is 0.173 e. The predicted molar refractivity (Wildman–Crippen MR) is 76.9 cm³/mol. The molecular weight excluding hydrogens is 476 g/mol. The van der Waals surface area contributed by atoms with Gasteiger partial charge in [0.15, 0.2) is 4.67 Å². The van der Waals surface area contributed by atoms with Crippen molar-refractivity contribution in [1.82, 2.24) is 0 Å². The average Bonchev–Trinajstić information content (AvgIpc) is 2.74. The Bertz CT molecular complexity index is 457. The second-order valence-electron chi connectivity index (χ2n) is 2.78. The van der Waals surface area contributed by atoms with E-state index in [-0.39, 0.29) is 4.83 Å². The molecule has 0 saturated heterocycles. The molecule has 6 heteroatoms. The highest BCUT2D eigenvalue weighted by Crippen LogP contribution is 2.43. The Labute approximate surface area is 125 Å². The van der Waals surface area contributed by atoms with Gasteiger partial charge in [-0.25, -0.2) is 0 Å². The van der Waals surface area contributed by atoms with Crippen molar-refractivity contribution in [2.45, 2.75) is 4.83 Å². The molecular formula is C9H4Br4OS. The molecule has 80 valence electrons. The summed E-state index contributed by atoms with van der Waals surface area (Å²) in [5.74, 6) is 0. The lowest BCUT2D eigenvalue weighted by Gasteiger charge is -2.04. The van der Waals surface area contributed by atoms with E-state index in [1.807, 2.05) is 6.07 Å². The van der Waals surface area contributed by atoms with Crippen molar-refractivity contribution >= 4 is 75.1 Å². The van der Waals surface area contributed by atoms with Crippen LogP contribution in [0.2, 0.25) is 0 Å². The maximum atomic E-state index is 5.21. The van der Waals surface area contributed by atoms with E-state index in [0.29, 0.717) is 0 Å². The molecule has 1 nitrogen and oxygen atoms in total. The summed E-state index contributed by atoms with van der Waals surface area (Å²) in [5, 5.41) is 0. The maximum absolute atomic E-state index is 5.21. The van der Waals surface area contributed by atoms with Gasteiger partial charge in [-0.15, -0.1) is 11.3 Å².